The summed E-state index contributed by atoms with van der Waals surface area (Å²) in [5, 5.41) is 9.59. The minimum Gasteiger partial charge on any atom is -0.508 e. The zero-order valence-electron chi connectivity index (χ0n) is 7.25. The second-order valence-corrected chi connectivity index (χ2v) is 3.48. The molecule has 12 heavy (non-hydrogen) atoms. The van der Waals surface area contributed by atoms with Crippen molar-refractivity contribution >= 4 is 0 Å². The number of hydrogen-bond acceptors (Lipinski definition) is 2. The number of hydrogen-bond donors (Lipinski definition) is 1. The van der Waals surface area contributed by atoms with Crippen LogP contribution in [0.5, 0.6) is 5.75 Å². The molecular formula is C10H13NO. The number of pyridine rings is 1. The molecule has 0 saturated heterocycles. The van der Waals surface area contributed by atoms with E-state index in [0.717, 1.165) is 17.7 Å². The lowest BCUT2D eigenvalue weighted by molar-refractivity contribution is 0.448. The van der Waals surface area contributed by atoms with Crippen LogP contribution in [0.15, 0.2) is 12.3 Å². The lowest BCUT2D eigenvalue weighted by Gasteiger charge is -2.21. The molecule has 0 aromatic carbocycles. The van der Waals surface area contributed by atoms with Crippen molar-refractivity contribution in [2.45, 2.75) is 32.1 Å². The molecule has 1 unspecified atom stereocenters. The van der Waals surface area contributed by atoms with Crippen molar-refractivity contribution < 1.29 is 5.11 Å². The second-order valence-electron chi connectivity index (χ2n) is 3.48. The third kappa shape index (κ3) is 1.07. The van der Waals surface area contributed by atoms with Crippen LogP contribution in [0.1, 0.15) is 36.9 Å². The first-order valence-electron chi connectivity index (χ1n) is 4.46. The maximum atomic E-state index is 9.59. The first-order valence-corrected chi connectivity index (χ1v) is 4.46. The van der Waals surface area contributed by atoms with E-state index in [1.807, 2.05) is 0 Å². The molecule has 0 amide bonds. The van der Waals surface area contributed by atoms with Gasteiger partial charge in [0.2, 0.25) is 0 Å². The largest absolute Gasteiger partial charge is 0.508 e. The van der Waals surface area contributed by atoms with Crippen molar-refractivity contribution in [1.82, 2.24) is 4.98 Å². The van der Waals surface area contributed by atoms with Gasteiger partial charge in [0, 0.05) is 17.5 Å². The van der Waals surface area contributed by atoms with Gasteiger partial charge in [-0.2, -0.15) is 0 Å². The zero-order chi connectivity index (χ0) is 8.55. The lowest BCUT2D eigenvalue weighted by Crippen LogP contribution is -2.08. The van der Waals surface area contributed by atoms with E-state index in [-0.39, 0.29) is 0 Å². The highest BCUT2D eigenvalue weighted by molar-refractivity contribution is 5.38. The van der Waals surface area contributed by atoms with Crippen molar-refractivity contribution in [3.8, 4) is 5.75 Å². The maximum Gasteiger partial charge on any atom is 0.122 e. The summed E-state index contributed by atoms with van der Waals surface area (Å²) in [6.45, 7) is 2.15. The van der Waals surface area contributed by atoms with E-state index in [0.29, 0.717) is 11.7 Å². The Hall–Kier alpha value is -1.05. The van der Waals surface area contributed by atoms with Gasteiger partial charge < -0.3 is 5.11 Å². The Morgan fingerprint density at radius 3 is 3.17 bits per heavy atom. The third-order valence-electron chi connectivity index (χ3n) is 2.59. The Balaban J connectivity index is 2.53. The first-order chi connectivity index (χ1) is 5.79. The molecule has 2 nitrogen and oxygen atoms in total. The lowest BCUT2D eigenvalue weighted by atomic mass is 9.86. The molecule has 1 aliphatic rings. The Kier molecular flexibility index (Phi) is 1.75. The van der Waals surface area contributed by atoms with Gasteiger partial charge in [0.05, 0.1) is 0 Å². The van der Waals surface area contributed by atoms with Crippen LogP contribution in [0.4, 0.5) is 0 Å². The van der Waals surface area contributed by atoms with Gasteiger partial charge in [-0.1, -0.05) is 6.92 Å². The van der Waals surface area contributed by atoms with E-state index in [1.165, 1.54) is 12.8 Å². The fourth-order valence-electron chi connectivity index (χ4n) is 1.96. The molecule has 64 valence electrons. The Labute approximate surface area is 72.3 Å². The number of aromatic hydroxyl groups is 1. The molecule has 0 fully saturated rings. The van der Waals surface area contributed by atoms with Crippen LogP contribution in [0.25, 0.3) is 0 Å². The van der Waals surface area contributed by atoms with Crippen molar-refractivity contribution in [3.05, 3.63) is 23.5 Å². The standard InChI is InChI=1S/C10H13NO/c1-7-3-2-4-8-10(7)9(12)5-6-11-8/h5-7H,2-4H2,1H3,(H,11,12). The molecule has 1 heterocycles. The summed E-state index contributed by atoms with van der Waals surface area (Å²) in [5.74, 6) is 0.898. The Bertz CT molecular complexity index is 296. The van der Waals surface area contributed by atoms with Gasteiger partial charge in [-0.05, 0) is 31.2 Å². The van der Waals surface area contributed by atoms with Crippen LogP contribution in [-0.2, 0) is 6.42 Å². The number of fused-ring (bicyclic) bond motifs is 1. The average molecular weight is 163 g/mol. The average Bonchev–Trinajstić information content (AvgIpc) is 2.04. The van der Waals surface area contributed by atoms with Gasteiger partial charge in [-0.15, -0.1) is 0 Å². The van der Waals surface area contributed by atoms with E-state index in [9.17, 15) is 5.11 Å². The molecule has 2 rings (SSSR count). The highest BCUT2D eigenvalue weighted by Gasteiger charge is 2.20. The van der Waals surface area contributed by atoms with Gasteiger partial charge >= 0.3 is 0 Å². The fraction of sp³-hybridized carbons (Fsp3) is 0.500. The van der Waals surface area contributed by atoms with Crippen LogP contribution < -0.4 is 0 Å². The summed E-state index contributed by atoms with van der Waals surface area (Å²) >= 11 is 0. The smallest absolute Gasteiger partial charge is 0.122 e. The SMILES string of the molecule is CC1CCCc2nccc(O)c21. The molecular weight excluding hydrogens is 150 g/mol. The molecule has 0 aliphatic heterocycles. The van der Waals surface area contributed by atoms with Gasteiger partial charge in [-0.3, -0.25) is 4.98 Å². The highest BCUT2D eigenvalue weighted by atomic mass is 16.3. The van der Waals surface area contributed by atoms with Crippen molar-refractivity contribution in [2.24, 2.45) is 0 Å². The molecule has 0 radical (unpaired) electrons. The molecule has 0 saturated carbocycles. The molecule has 1 aliphatic carbocycles. The number of aryl methyl sites for hydroxylation is 1. The molecule has 1 aromatic rings. The summed E-state index contributed by atoms with van der Waals surface area (Å²) in [6.07, 6.45) is 5.08. The predicted molar refractivity (Wildman–Crippen MR) is 47.3 cm³/mol. The normalized spacial score (nSPS) is 21.9. The monoisotopic (exact) mass is 163 g/mol. The zero-order valence-corrected chi connectivity index (χ0v) is 7.25. The van der Waals surface area contributed by atoms with E-state index < -0.39 is 0 Å². The molecule has 0 bridgehead atoms. The van der Waals surface area contributed by atoms with Crippen LogP contribution in [-0.4, -0.2) is 10.1 Å². The van der Waals surface area contributed by atoms with E-state index in [2.05, 4.69) is 11.9 Å². The van der Waals surface area contributed by atoms with Crippen molar-refractivity contribution in [3.63, 3.8) is 0 Å². The van der Waals surface area contributed by atoms with Crippen LogP contribution in [0.2, 0.25) is 0 Å². The van der Waals surface area contributed by atoms with Gasteiger partial charge in [0.1, 0.15) is 5.75 Å². The van der Waals surface area contributed by atoms with E-state index >= 15 is 0 Å². The quantitative estimate of drug-likeness (QED) is 0.636. The van der Waals surface area contributed by atoms with Crippen LogP contribution in [0, 0.1) is 0 Å². The fourth-order valence-corrected chi connectivity index (χ4v) is 1.96. The topological polar surface area (TPSA) is 33.1 Å². The number of rotatable bonds is 0. The summed E-state index contributed by atoms with van der Waals surface area (Å²) in [6, 6.07) is 1.68. The first kappa shape index (κ1) is 7.59. The van der Waals surface area contributed by atoms with Crippen molar-refractivity contribution in [2.75, 3.05) is 0 Å². The Morgan fingerprint density at radius 2 is 2.42 bits per heavy atom. The van der Waals surface area contributed by atoms with E-state index in [4.69, 9.17) is 0 Å². The minimum atomic E-state index is 0.423. The number of nitrogens with zero attached hydrogens (tertiary/aromatic N) is 1. The molecule has 1 aromatic heterocycles. The summed E-state index contributed by atoms with van der Waals surface area (Å²) < 4.78 is 0. The summed E-state index contributed by atoms with van der Waals surface area (Å²) in [4.78, 5) is 4.27. The van der Waals surface area contributed by atoms with Gasteiger partial charge in [0.25, 0.3) is 0 Å². The van der Waals surface area contributed by atoms with Crippen molar-refractivity contribution in [1.29, 1.82) is 0 Å². The number of aromatic nitrogens is 1. The molecule has 2 heteroatoms. The molecule has 1 N–H and O–H groups in total. The molecule has 0 spiro atoms. The third-order valence-corrected chi connectivity index (χ3v) is 2.59. The van der Waals surface area contributed by atoms with Crippen LogP contribution >= 0.6 is 0 Å². The van der Waals surface area contributed by atoms with Crippen LogP contribution in [0.3, 0.4) is 0 Å². The highest BCUT2D eigenvalue weighted by Crippen LogP contribution is 2.35. The second kappa shape index (κ2) is 2.77. The maximum absolute atomic E-state index is 9.59. The van der Waals surface area contributed by atoms with Gasteiger partial charge in [-0.25, -0.2) is 0 Å². The Morgan fingerprint density at radius 1 is 1.58 bits per heavy atom. The van der Waals surface area contributed by atoms with E-state index in [1.54, 1.807) is 12.3 Å². The predicted octanol–water partition coefficient (Wildman–Crippen LogP) is 2.23. The van der Waals surface area contributed by atoms with Gasteiger partial charge in [0.15, 0.2) is 0 Å². The molecule has 1 atom stereocenters. The minimum absolute atomic E-state index is 0.423. The summed E-state index contributed by atoms with van der Waals surface area (Å²) in [7, 11) is 0. The summed E-state index contributed by atoms with van der Waals surface area (Å²) in [5.41, 5.74) is 2.16.